The maximum Gasteiger partial charge on any atom is 0.326 e. The number of aromatic nitrogens is 2. The minimum atomic E-state index is -1.27. The van der Waals surface area contributed by atoms with E-state index in [1.54, 1.807) is 6.92 Å². The largest absolute Gasteiger partial charge is 0.480 e. The minimum absolute atomic E-state index is 0.0401. The highest BCUT2D eigenvalue weighted by molar-refractivity contribution is 5.94. The molecule has 37 heavy (non-hydrogen) atoms. The van der Waals surface area contributed by atoms with E-state index in [1.807, 2.05) is 6.92 Å². The van der Waals surface area contributed by atoms with Gasteiger partial charge in [-0.3, -0.25) is 19.2 Å². The number of carbonyl (C=O) groups is 5. The van der Waals surface area contributed by atoms with Crippen LogP contribution in [0.5, 0.6) is 0 Å². The molecule has 0 aromatic carbocycles. The molecule has 14 nitrogen and oxygen atoms in total. The molecule has 0 aliphatic carbocycles. The second-order valence-corrected chi connectivity index (χ2v) is 9.01. The molecule has 14 heteroatoms. The van der Waals surface area contributed by atoms with Crippen LogP contribution in [0.25, 0.3) is 0 Å². The van der Waals surface area contributed by atoms with Crippen molar-refractivity contribution >= 4 is 29.6 Å². The molecule has 1 aromatic heterocycles. The van der Waals surface area contributed by atoms with Gasteiger partial charge in [0, 0.05) is 24.7 Å². The van der Waals surface area contributed by atoms with E-state index in [0.29, 0.717) is 37.9 Å². The number of carboxylic acid groups (broad SMARTS) is 1. The molecule has 11 N–H and O–H groups in total. The summed E-state index contributed by atoms with van der Waals surface area (Å²) < 4.78 is 0. The van der Waals surface area contributed by atoms with Gasteiger partial charge < -0.3 is 43.2 Å². The standard InChI is InChI=1S/C23H40N8O6/c1-3-13(2)19(22(35)30-17(23(36)37)10-14-11-27-12-28-14)31-21(34)16(7-8-18(26)32)29-20(33)15(25)6-4-5-9-24/h11-13,15-17,19H,3-10,24-25H2,1-2H3,(H2,26,32)(H,27,28)(H,29,33)(H,30,35)(H,31,34)(H,36,37). The zero-order chi connectivity index (χ0) is 28.0. The first-order valence-electron chi connectivity index (χ1n) is 12.3. The zero-order valence-electron chi connectivity index (χ0n) is 21.4. The lowest BCUT2D eigenvalue weighted by Crippen LogP contribution is -2.59. The Morgan fingerprint density at radius 1 is 1.03 bits per heavy atom. The number of aliphatic carboxylic acids is 1. The highest BCUT2D eigenvalue weighted by atomic mass is 16.4. The molecule has 208 valence electrons. The quantitative estimate of drug-likeness (QED) is 0.101. The number of carbonyl (C=O) groups excluding carboxylic acids is 4. The van der Waals surface area contributed by atoms with Gasteiger partial charge in [0.25, 0.3) is 0 Å². The van der Waals surface area contributed by atoms with Crippen LogP contribution in [0.15, 0.2) is 12.5 Å². The second-order valence-electron chi connectivity index (χ2n) is 9.01. The number of hydrogen-bond acceptors (Lipinski definition) is 8. The van der Waals surface area contributed by atoms with Crippen LogP contribution >= 0.6 is 0 Å². The average molecular weight is 525 g/mol. The Morgan fingerprint density at radius 3 is 2.24 bits per heavy atom. The molecule has 0 bridgehead atoms. The summed E-state index contributed by atoms with van der Waals surface area (Å²) in [4.78, 5) is 68.5. The summed E-state index contributed by atoms with van der Waals surface area (Å²) in [5, 5.41) is 17.2. The summed E-state index contributed by atoms with van der Waals surface area (Å²) in [5.41, 5.74) is 17.1. The van der Waals surface area contributed by atoms with Crippen LogP contribution in [-0.2, 0) is 30.4 Å². The topological polar surface area (TPSA) is 248 Å². The van der Waals surface area contributed by atoms with Gasteiger partial charge in [0.2, 0.25) is 23.6 Å². The number of hydrogen-bond donors (Lipinski definition) is 8. The van der Waals surface area contributed by atoms with E-state index in [0.717, 1.165) is 0 Å². The van der Waals surface area contributed by atoms with Crippen molar-refractivity contribution in [1.82, 2.24) is 25.9 Å². The van der Waals surface area contributed by atoms with Crippen molar-refractivity contribution in [3.05, 3.63) is 18.2 Å². The van der Waals surface area contributed by atoms with Crippen molar-refractivity contribution in [3.63, 3.8) is 0 Å². The number of nitrogens with one attached hydrogen (secondary N) is 4. The normalized spacial score (nSPS) is 15.0. The maximum absolute atomic E-state index is 13.1. The fourth-order valence-electron chi connectivity index (χ4n) is 3.51. The zero-order valence-corrected chi connectivity index (χ0v) is 21.4. The van der Waals surface area contributed by atoms with Gasteiger partial charge in [-0.25, -0.2) is 9.78 Å². The first-order valence-corrected chi connectivity index (χ1v) is 12.3. The van der Waals surface area contributed by atoms with Crippen LogP contribution < -0.4 is 33.2 Å². The van der Waals surface area contributed by atoms with E-state index in [9.17, 15) is 29.1 Å². The fourth-order valence-corrected chi connectivity index (χ4v) is 3.51. The molecular weight excluding hydrogens is 484 g/mol. The van der Waals surface area contributed by atoms with E-state index in [2.05, 4.69) is 25.9 Å². The smallest absolute Gasteiger partial charge is 0.326 e. The predicted octanol–water partition coefficient (Wildman–Crippen LogP) is -1.74. The number of imidazole rings is 1. The number of rotatable bonds is 18. The SMILES string of the molecule is CCC(C)C(NC(=O)C(CCC(N)=O)NC(=O)C(N)CCCCN)C(=O)NC(Cc1cnc[nH]1)C(=O)O. The Bertz CT molecular complexity index is 894. The molecule has 1 aromatic rings. The van der Waals surface area contributed by atoms with Crippen LogP contribution in [-0.4, -0.2) is 75.4 Å². The van der Waals surface area contributed by atoms with Gasteiger partial charge in [0.05, 0.1) is 12.4 Å². The number of nitrogens with zero attached hydrogens (tertiary/aromatic N) is 1. The van der Waals surface area contributed by atoms with Gasteiger partial charge in [0.15, 0.2) is 0 Å². The first-order chi connectivity index (χ1) is 17.5. The maximum atomic E-state index is 13.1. The predicted molar refractivity (Wildman–Crippen MR) is 134 cm³/mol. The van der Waals surface area contributed by atoms with Gasteiger partial charge in [-0.2, -0.15) is 0 Å². The van der Waals surface area contributed by atoms with Crippen molar-refractivity contribution in [2.45, 2.75) is 83.0 Å². The first kappa shape index (κ1) is 31.5. The van der Waals surface area contributed by atoms with Crippen molar-refractivity contribution in [3.8, 4) is 0 Å². The molecule has 4 amide bonds. The number of carboxylic acids is 1. The molecule has 5 atom stereocenters. The van der Waals surface area contributed by atoms with Gasteiger partial charge >= 0.3 is 5.97 Å². The van der Waals surface area contributed by atoms with Crippen LogP contribution in [0.2, 0.25) is 0 Å². The van der Waals surface area contributed by atoms with E-state index >= 15 is 0 Å². The van der Waals surface area contributed by atoms with E-state index in [4.69, 9.17) is 17.2 Å². The summed E-state index contributed by atoms with van der Waals surface area (Å²) >= 11 is 0. The third kappa shape index (κ3) is 11.4. The summed E-state index contributed by atoms with van der Waals surface area (Å²) in [7, 11) is 0. The highest BCUT2D eigenvalue weighted by Crippen LogP contribution is 2.11. The van der Waals surface area contributed by atoms with Gasteiger partial charge in [-0.05, 0) is 31.7 Å². The average Bonchev–Trinajstić information content (AvgIpc) is 3.36. The van der Waals surface area contributed by atoms with Crippen molar-refractivity contribution < 1.29 is 29.1 Å². The van der Waals surface area contributed by atoms with Gasteiger partial charge in [-0.1, -0.05) is 26.7 Å². The lowest BCUT2D eigenvalue weighted by molar-refractivity contribution is -0.142. The Kier molecular flexibility index (Phi) is 13.9. The van der Waals surface area contributed by atoms with Crippen molar-refractivity contribution in [2.75, 3.05) is 6.54 Å². The molecule has 0 fully saturated rings. The van der Waals surface area contributed by atoms with E-state index < -0.39 is 53.8 Å². The lowest BCUT2D eigenvalue weighted by atomic mass is 9.96. The summed E-state index contributed by atoms with van der Waals surface area (Å²) in [5.74, 6) is -4.31. The Hall–Kier alpha value is -3.52. The molecule has 0 spiro atoms. The van der Waals surface area contributed by atoms with Crippen molar-refractivity contribution in [1.29, 1.82) is 0 Å². The number of nitrogens with two attached hydrogens (primary N) is 3. The van der Waals surface area contributed by atoms with Gasteiger partial charge in [0.1, 0.15) is 18.1 Å². The number of primary amides is 1. The molecule has 0 saturated carbocycles. The molecular formula is C23H40N8O6. The summed E-state index contributed by atoms with van der Waals surface area (Å²) in [6.07, 6.45) is 4.67. The van der Waals surface area contributed by atoms with Crippen LogP contribution in [0.1, 0.15) is 58.1 Å². The third-order valence-electron chi connectivity index (χ3n) is 6.01. The van der Waals surface area contributed by atoms with Crippen LogP contribution in [0, 0.1) is 5.92 Å². The monoisotopic (exact) mass is 524 g/mol. The Morgan fingerprint density at radius 2 is 1.70 bits per heavy atom. The Balaban J connectivity index is 2.98. The van der Waals surface area contributed by atoms with E-state index in [-0.39, 0.29) is 25.2 Å². The molecule has 1 heterocycles. The Labute approximate surface area is 215 Å². The number of unbranched alkanes of at least 4 members (excludes halogenated alkanes) is 1. The number of amides is 4. The molecule has 0 aliphatic rings. The fraction of sp³-hybridized carbons (Fsp3) is 0.652. The van der Waals surface area contributed by atoms with Crippen LogP contribution in [0.3, 0.4) is 0 Å². The molecule has 0 saturated heterocycles. The third-order valence-corrected chi connectivity index (χ3v) is 6.01. The number of H-pyrrole nitrogens is 1. The number of aromatic amines is 1. The molecule has 5 unspecified atom stereocenters. The van der Waals surface area contributed by atoms with E-state index in [1.165, 1.54) is 12.5 Å². The second kappa shape index (κ2) is 16.3. The molecule has 1 rings (SSSR count). The van der Waals surface area contributed by atoms with Crippen LogP contribution in [0.4, 0.5) is 0 Å². The minimum Gasteiger partial charge on any atom is -0.480 e. The van der Waals surface area contributed by atoms with Gasteiger partial charge in [-0.15, -0.1) is 0 Å². The summed E-state index contributed by atoms with van der Waals surface area (Å²) in [6, 6.07) is -4.44. The summed E-state index contributed by atoms with van der Waals surface area (Å²) in [6.45, 7) is 3.99. The lowest BCUT2D eigenvalue weighted by Gasteiger charge is -2.28. The van der Waals surface area contributed by atoms with Crippen molar-refractivity contribution in [2.24, 2.45) is 23.1 Å². The molecule has 0 aliphatic heterocycles. The highest BCUT2D eigenvalue weighted by Gasteiger charge is 2.33. The molecule has 0 radical (unpaired) electrons.